The minimum absolute atomic E-state index is 0.334. The number of hydrogen-bond donors (Lipinski definition) is 1. The van der Waals surface area contributed by atoms with Gasteiger partial charge in [-0.15, -0.1) is 0 Å². The van der Waals surface area contributed by atoms with Crippen LogP contribution in [0.25, 0.3) is 0 Å². The van der Waals surface area contributed by atoms with Gasteiger partial charge in [-0.2, -0.15) is 0 Å². The molecule has 2 aliphatic rings. The van der Waals surface area contributed by atoms with Crippen LogP contribution in [0.1, 0.15) is 33.1 Å². The van der Waals surface area contributed by atoms with E-state index < -0.39 is 0 Å². The molecule has 1 unspecified atom stereocenters. The molecule has 0 amide bonds. The summed E-state index contributed by atoms with van der Waals surface area (Å²) in [6, 6.07) is 0. The van der Waals surface area contributed by atoms with Crippen LogP contribution in [0.4, 0.5) is 0 Å². The maximum atomic E-state index is 5.79. The van der Waals surface area contributed by atoms with Crippen molar-refractivity contribution in [3.8, 4) is 0 Å². The summed E-state index contributed by atoms with van der Waals surface area (Å²) in [6.07, 6.45) is 4.48. The maximum Gasteiger partial charge on any atom is 0.111 e. The van der Waals surface area contributed by atoms with Crippen LogP contribution in [0.15, 0.2) is 0 Å². The van der Waals surface area contributed by atoms with Crippen LogP contribution in [-0.2, 0) is 4.74 Å². The van der Waals surface area contributed by atoms with Gasteiger partial charge in [-0.3, -0.25) is 5.32 Å². The van der Waals surface area contributed by atoms with Gasteiger partial charge in [-0.25, -0.2) is 0 Å². The minimum Gasteiger partial charge on any atom is -0.362 e. The molecule has 1 N–H and O–H groups in total. The van der Waals surface area contributed by atoms with Crippen LogP contribution in [0, 0.1) is 11.3 Å². The Balaban J connectivity index is 1.81. The highest BCUT2D eigenvalue weighted by Gasteiger charge is 2.34. The summed E-state index contributed by atoms with van der Waals surface area (Å²) in [5, 5.41) is 3.49. The molecule has 0 aromatic heterocycles. The second-order valence-electron chi connectivity index (χ2n) is 4.97. The molecule has 0 spiro atoms. The van der Waals surface area contributed by atoms with Gasteiger partial charge < -0.3 is 4.74 Å². The van der Waals surface area contributed by atoms with Crippen LogP contribution >= 0.6 is 0 Å². The van der Waals surface area contributed by atoms with E-state index in [0.717, 1.165) is 19.1 Å². The van der Waals surface area contributed by atoms with E-state index in [-0.39, 0.29) is 0 Å². The Bertz CT molecular complexity index is 153. The van der Waals surface area contributed by atoms with Crippen molar-refractivity contribution < 1.29 is 4.74 Å². The molecule has 0 aromatic carbocycles. The zero-order valence-corrected chi connectivity index (χ0v) is 8.10. The van der Waals surface area contributed by atoms with Gasteiger partial charge in [0.15, 0.2) is 0 Å². The fraction of sp³-hybridized carbons (Fsp3) is 1.00. The largest absolute Gasteiger partial charge is 0.362 e. The van der Waals surface area contributed by atoms with Crippen LogP contribution in [0.2, 0.25) is 0 Å². The Morgan fingerprint density at radius 1 is 1.33 bits per heavy atom. The second kappa shape index (κ2) is 3.00. The molecular weight excluding hydrogens is 150 g/mol. The van der Waals surface area contributed by atoms with Gasteiger partial charge in [0.05, 0.1) is 6.61 Å². The van der Waals surface area contributed by atoms with E-state index >= 15 is 0 Å². The SMILES string of the molecule is CC1(C)CNC(C2CCC2)OC1. The summed E-state index contributed by atoms with van der Waals surface area (Å²) < 4.78 is 5.79. The summed E-state index contributed by atoms with van der Waals surface area (Å²) in [5.74, 6) is 0.807. The van der Waals surface area contributed by atoms with E-state index in [0.29, 0.717) is 11.6 Å². The number of ether oxygens (including phenoxy) is 1. The predicted molar refractivity (Wildman–Crippen MR) is 48.9 cm³/mol. The van der Waals surface area contributed by atoms with Crippen molar-refractivity contribution in [1.82, 2.24) is 5.32 Å². The summed E-state index contributed by atoms with van der Waals surface area (Å²) in [4.78, 5) is 0. The van der Waals surface area contributed by atoms with Gasteiger partial charge in [0, 0.05) is 12.0 Å². The average Bonchev–Trinajstić information content (AvgIpc) is 1.89. The van der Waals surface area contributed by atoms with E-state index in [1.807, 2.05) is 0 Å². The molecule has 2 rings (SSSR count). The summed E-state index contributed by atoms with van der Waals surface area (Å²) in [7, 11) is 0. The normalized spacial score (nSPS) is 36.0. The molecule has 0 bridgehead atoms. The summed E-state index contributed by atoms with van der Waals surface area (Å²) in [5.41, 5.74) is 0.334. The molecule has 0 radical (unpaired) electrons. The Hall–Kier alpha value is -0.0800. The Morgan fingerprint density at radius 3 is 2.50 bits per heavy atom. The lowest BCUT2D eigenvalue weighted by Gasteiger charge is -2.41. The van der Waals surface area contributed by atoms with Crippen molar-refractivity contribution in [3.63, 3.8) is 0 Å². The fourth-order valence-corrected chi connectivity index (χ4v) is 1.85. The Morgan fingerprint density at radius 2 is 2.08 bits per heavy atom. The first kappa shape index (κ1) is 8.52. The molecule has 70 valence electrons. The predicted octanol–water partition coefficient (Wildman–Crippen LogP) is 1.76. The number of rotatable bonds is 1. The lowest BCUT2D eigenvalue weighted by molar-refractivity contribution is -0.0999. The highest BCUT2D eigenvalue weighted by molar-refractivity contribution is 4.83. The summed E-state index contributed by atoms with van der Waals surface area (Å²) >= 11 is 0. The van der Waals surface area contributed by atoms with E-state index in [1.54, 1.807) is 0 Å². The highest BCUT2D eigenvalue weighted by Crippen LogP contribution is 2.33. The number of nitrogens with one attached hydrogen (secondary N) is 1. The monoisotopic (exact) mass is 169 g/mol. The van der Waals surface area contributed by atoms with Gasteiger partial charge in [0.25, 0.3) is 0 Å². The smallest absolute Gasteiger partial charge is 0.111 e. The first-order valence-corrected chi connectivity index (χ1v) is 5.02. The van der Waals surface area contributed by atoms with Crippen molar-refractivity contribution in [3.05, 3.63) is 0 Å². The lowest BCUT2D eigenvalue weighted by Crippen LogP contribution is -2.52. The highest BCUT2D eigenvalue weighted by atomic mass is 16.5. The Kier molecular flexibility index (Phi) is 2.13. The maximum absolute atomic E-state index is 5.79. The zero-order valence-electron chi connectivity index (χ0n) is 8.10. The molecule has 1 heterocycles. The van der Waals surface area contributed by atoms with Crippen molar-refractivity contribution in [2.24, 2.45) is 11.3 Å². The molecule has 1 aliphatic carbocycles. The van der Waals surface area contributed by atoms with Gasteiger partial charge in [0.2, 0.25) is 0 Å². The van der Waals surface area contributed by atoms with E-state index in [1.165, 1.54) is 19.3 Å². The van der Waals surface area contributed by atoms with Crippen LogP contribution in [0.3, 0.4) is 0 Å². The molecule has 0 aromatic rings. The molecule has 12 heavy (non-hydrogen) atoms. The van der Waals surface area contributed by atoms with Crippen molar-refractivity contribution in [2.45, 2.75) is 39.3 Å². The van der Waals surface area contributed by atoms with Gasteiger partial charge >= 0.3 is 0 Å². The van der Waals surface area contributed by atoms with Crippen LogP contribution in [0.5, 0.6) is 0 Å². The third-order valence-corrected chi connectivity index (χ3v) is 3.01. The molecule has 1 saturated heterocycles. The minimum atomic E-state index is 0.334. The van der Waals surface area contributed by atoms with Gasteiger partial charge in [0.1, 0.15) is 6.23 Å². The third-order valence-electron chi connectivity index (χ3n) is 3.01. The van der Waals surface area contributed by atoms with E-state index in [2.05, 4.69) is 19.2 Å². The quantitative estimate of drug-likeness (QED) is 0.646. The van der Waals surface area contributed by atoms with E-state index in [4.69, 9.17) is 4.74 Å². The lowest BCUT2D eigenvalue weighted by atomic mass is 9.82. The molecule has 1 aliphatic heterocycles. The molecule has 1 saturated carbocycles. The van der Waals surface area contributed by atoms with Crippen molar-refractivity contribution >= 4 is 0 Å². The third kappa shape index (κ3) is 1.64. The standard InChI is InChI=1S/C10H19NO/c1-10(2)6-11-9(12-7-10)8-4-3-5-8/h8-9,11H,3-7H2,1-2H3. The van der Waals surface area contributed by atoms with Crippen molar-refractivity contribution in [1.29, 1.82) is 0 Å². The number of hydrogen-bond acceptors (Lipinski definition) is 2. The van der Waals surface area contributed by atoms with Gasteiger partial charge in [-0.05, 0) is 18.8 Å². The molecule has 2 heteroatoms. The van der Waals surface area contributed by atoms with Crippen LogP contribution in [-0.4, -0.2) is 19.4 Å². The summed E-state index contributed by atoms with van der Waals surface area (Å²) in [6.45, 7) is 6.52. The molecular formula is C10H19NO. The average molecular weight is 169 g/mol. The Labute approximate surface area is 74.7 Å². The second-order valence-corrected chi connectivity index (χ2v) is 4.97. The fourth-order valence-electron chi connectivity index (χ4n) is 1.85. The molecule has 1 atom stereocenters. The van der Waals surface area contributed by atoms with Crippen LogP contribution < -0.4 is 5.32 Å². The zero-order chi connectivity index (χ0) is 8.60. The first-order chi connectivity index (χ1) is 5.67. The van der Waals surface area contributed by atoms with Gasteiger partial charge in [-0.1, -0.05) is 20.3 Å². The molecule has 2 fully saturated rings. The van der Waals surface area contributed by atoms with Crippen molar-refractivity contribution in [2.75, 3.05) is 13.2 Å². The molecule has 2 nitrogen and oxygen atoms in total. The first-order valence-electron chi connectivity index (χ1n) is 5.02. The topological polar surface area (TPSA) is 21.3 Å². The van der Waals surface area contributed by atoms with E-state index in [9.17, 15) is 0 Å².